The summed E-state index contributed by atoms with van der Waals surface area (Å²) in [5, 5.41) is 3.57. The van der Waals surface area contributed by atoms with Crippen molar-refractivity contribution in [2.24, 2.45) is 0 Å². The van der Waals surface area contributed by atoms with Gasteiger partial charge in [0.2, 0.25) is 0 Å². The molecule has 0 fully saturated rings. The summed E-state index contributed by atoms with van der Waals surface area (Å²) in [6.45, 7) is 6.07. The zero-order valence-electron chi connectivity index (χ0n) is 12.5. The molecular formula is C18H20BrNO. The van der Waals surface area contributed by atoms with E-state index in [1.807, 2.05) is 0 Å². The maximum Gasteiger partial charge on any atom is 0.122 e. The Labute approximate surface area is 134 Å². The van der Waals surface area contributed by atoms with Gasteiger partial charge in [-0.3, -0.25) is 0 Å². The zero-order valence-corrected chi connectivity index (χ0v) is 14.1. The monoisotopic (exact) mass is 345 g/mol. The Balaban J connectivity index is 1.64. The predicted octanol–water partition coefficient (Wildman–Crippen LogP) is 4.66. The minimum atomic E-state index is 0.828. The van der Waals surface area contributed by atoms with E-state index in [0.29, 0.717) is 0 Å². The number of rotatable bonds is 4. The third-order valence-corrected chi connectivity index (χ3v) is 4.42. The SMILES string of the molecule is Cc1cc(Br)cc(C)c1NCCc1ccc2c(c1)CCO2. The van der Waals surface area contributed by atoms with Crippen molar-refractivity contribution in [3.63, 3.8) is 0 Å². The molecule has 1 aliphatic heterocycles. The van der Waals surface area contributed by atoms with Gasteiger partial charge in [-0.25, -0.2) is 0 Å². The lowest BCUT2D eigenvalue weighted by molar-refractivity contribution is 0.357. The first-order chi connectivity index (χ1) is 10.1. The molecular weight excluding hydrogens is 326 g/mol. The lowest BCUT2D eigenvalue weighted by Crippen LogP contribution is -2.07. The molecule has 0 spiro atoms. The van der Waals surface area contributed by atoms with E-state index in [1.165, 1.54) is 27.9 Å². The van der Waals surface area contributed by atoms with Crippen molar-refractivity contribution in [3.05, 3.63) is 57.1 Å². The molecule has 0 atom stereocenters. The van der Waals surface area contributed by atoms with E-state index in [2.05, 4.69) is 65.4 Å². The van der Waals surface area contributed by atoms with Crippen LogP contribution in [0, 0.1) is 13.8 Å². The quantitative estimate of drug-likeness (QED) is 0.870. The summed E-state index contributed by atoms with van der Waals surface area (Å²) in [7, 11) is 0. The van der Waals surface area contributed by atoms with Crippen molar-refractivity contribution >= 4 is 21.6 Å². The van der Waals surface area contributed by atoms with Gasteiger partial charge >= 0.3 is 0 Å². The molecule has 0 saturated heterocycles. The van der Waals surface area contributed by atoms with Crippen LogP contribution in [-0.2, 0) is 12.8 Å². The molecule has 2 aromatic rings. The highest BCUT2D eigenvalue weighted by Gasteiger charge is 2.11. The normalized spacial score (nSPS) is 12.9. The zero-order chi connectivity index (χ0) is 14.8. The molecule has 2 nitrogen and oxygen atoms in total. The van der Waals surface area contributed by atoms with Crippen LogP contribution in [0.2, 0.25) is 0 Å². The molecule has 3 heteroatoms. The predicted molar refractivity (Wildman–Crippen MR) is 91.5 cm³/mol. The maximum atomic E-state index is 5.55. The molecule has 0 aromatic heterocycles. The Morgan fingerprint density at radius 3 is 2.67 bits per heavy atom. The Morgan fingerprint density at radius 1 is 1.14 bits per heavy atom. The van der Waals surface area contributed by atoms with Crippen LogP contribution in [0.5, 0.6) is 5.75 Å². The standard InChI is InChI=1S/C18H20BrNO/c1-12-9-16(19)10-13(2)18(12)20-7-5-14-3-4-17-15(11-14)6-8-21-17/h3-4,9-11,20H,5-8H2,1-2H3. The van der Waals surface area contributed by atoms with E-state index in [0.717, 1.165) is 36.2 Å². The minimum Gasteiger partial charge on any atom is -0.493 e. The first-order valence-corrected chi connectivity index (χ1v) is 8.18. The number of nitrogens with one attached hydrogen (secondary N) is 1. The summed E-state index contributed by atoms with van der Waals surface area (Å²) < 4.78 is 6.69. The van der Waals surface area contributed by atoms with Gasteiger partial charge in [-0.2, -0.15) is 0 Å². The number of hydrogen-bond acceptors (Lipinski definition) is 2. The van der Waals surface area contributed by atoms with E-state index in [-0.39, 0.29) is 0 Å². The molecule has 1 N–H and O–H groups in total. The summed E-state index contributed by atoms with van der Waals surface area (Å²) in [5.41, 5.74) is 6.54. The average molecular weight is 346 g/mol. The van der Waals surface area contributed by atoms with Crippen LogP contribution in [-0.4, -0.2) is 13.2 Å². The van der Waals surface area contributed by atoms with E-state index in [1.54, 1.807) is 0 Å². The van der Waals surface area contributed by atoms with Crippen LogP contribution in [0.1, 0.15) is 22.3 Å². The molecule has 0 saturated carbocycles. The van der Waals surface area contributed by atoms with Gasteiger partial charge in [0.1, 0.15) is 5.75 Å². The Kier molecular flexibility index (Phi) is 4.20. The molecule has 2 aromatic carbocycles. The number of hydrogen-bond donors (Lipinski definition) is 1. The Morgan fingerprint density at radius 2 is 1.90 bits per heavy atom. The fourth-order valence-corrected chi connectivity index (χ4v) is 3.60. The number of ether oxygens (including phenoxy) is 1. The van der Waals surface area contributed by atoms with Crippen LogP contribution >= 0.6 is 15.9 Å². The summed E-state index contributed by atoms with van der Waals surface area (Å²) >= 11 is 3.54. The van der Waals surface area contributed by atoms with Crippen LogP contribution in [0.25, 0.3) is 0 Å². The third-order valence-electron chi connectivity index (χ3n) is 3.97. The second kappa shape index (κ2) is 6.10. The van der Waals surface area contributed by atoms with Crippen molar-refractivity contribution < 1.29 is 4.74 Å². The Bertz CT molecular complexity index is 643. The number of anilines is 1. The van der Waals surface area contributed by atoms with E-state index < -0.39 is 0 Å². The van der Waals surface area contributed by atoms with Gasteiger partial charge in [-0.1, -0.05) is 28.1 Å². The molecule has 0 unspecified atom stereocenters. The summed E-state index contributed by atoms with van der Waals surface area (Å²) in [5.74, 6) is 1.06. The third kappa shape index (κ3) is 3.24. The minimum absolute atomic E-state index is 0.828. The molecule has 3 rings (SSSR count). The molecule has 1 heterocycles. The number of aryl methyl sites for hydroxylation is 2. The van der Waals surface area contributed by atoms with Gasteiger partial charge in [0.15, 0.2) is 0 Å². The first kappa shape index (κ1) is 14.5. The van der Waals surface area contributed by atoms with E-state index >= 15 is 0 Å². The van der Waals surface area contributed by atoms with E-state index in [4.69, 9.17) is 4.74 Å². The number of fused-ring (bicyclic) bond motifs is 1. The molecule has 1 aliphatic rings. The summed E-state index contributed by atoms with van der Waals surface area (Å²) in [6.07, 6.45) is 2.07. The molecule has 0 radical (unpaired) electrons. The van der Waals surface area contributed by atoms with Crippen LogP contribution in [0.3, 0.4) is 0 Å². The van der Waals surface area contributed by atoms with Gasteiger partial charge in [-0.05, 0) is 60.7 Å². The summed E-state index contributed by atoms with van der Waals surface area (Å²) in [4.78, 5) is 0. The highest BCUT2D eigenvalue weighted by molar-refractivity contribution is 9.10. The first-order valence-electron chi connectivity index (χ1n) is 7.39. The highest BCUT2D eigenvalue weighted by atomic mass is 79.9. The smallest absolute Gasteiger partial charge is 0.122 e. The second-order valence-electron chi connectivity index (χ2n) is 5.63. The molecule has 110 valence electrons. The number of halogens is 1. The number of benzene rings is 2. The van der Waals surface area contributed by atoms with E-state index in [9.17, 15) is 0 Å². The van der Waals surface area contributed by atoms with Gasteiger partial charge in [0, 0.05) is 23.1 Å². The van der Waals surface area contributed by atoms with Crippen LogP contribution in [0.15, 0.2) is 34.8 Å². The van der Waals surface area contributed by atoms with Gasteiger partial charge in [0.05, 0.1) is 6.61 Å². The molecule has 0 amide bonds. The van der Waals surface area contributed by atoms with Gasteiger partial charge in [0.25, 0.3) is 0 Å². The average Bonchev–Trinajstić information content (AvgIpc) is 2.89. The van der Waals surface area contributed by atoms with Gasteiger partial charge < -0.3 is 10.1 Å². The van der Waals surface area contributed by atoms with Crippen molar-refractivity contribution in [2.75, 3.05) is 18.5 Å². The molecule has 21 heavy (non-hydrogen) atoms. The van der Waals surface area contributed by atoms with Crippen LogP contribution in [0.4, 0.5) is 5.69 Å². The lowest BCUT2D eigenvalue weighted by atomic mass is 10.1. The van der Waals surface area contributed by atoms with Crippen molar-refractivity contribution in [1.82, 2.24) is 0 Å². The Hall–Kier alpha value is -1.48. The molecule has 0 aliphatic carbocycles. The van der Waals surface area contributed by atoms with Crippen LogP contribution < -0.4 is 10.1 Å². The molecule has 0 bridgehead atoms. The maximum absolute atomic E-state index is 5.55. The summed E-state index contributed by atoms with van der Waals surface area (Å²) in [6, 6.07) is 10.9. The van der Waals surface area contributed by atoms with Crippen molar-refractivity contribution in [2.45, 2.75) is 26.7 Å². The highest BCUT2D eigenvalue weighted by Crippen LogP contribution is 2.27. The fourth-order valence-electron chi connectivity index (χ4n) is 2.92. The lowest BCUT2D eigenvalue weighted by Gasteiger charge is -2.13. The largest absolute Gasteiger partial charge is 0.493 e. The van der Waals surface area contributed by atoms with Gasteiger partial charge in [-0.15, -0.1) is 0 Å². The fraction of sp³-hybridized carbons (Fsp3) is 0.333. The van der Waals surface area contributed by atoms with Crippen molar-refractivity contribution in [1.29, 1.82) is 0 Å². The topological polar surface area (TPSA) is 21.3 Å². The second-order valence-corrected chi connectivity index (χ2v) is 6.55. The van der Waals surface area contributed by atoms with Crippen molar-refractivity contribution in [3.8, 4) is 5.75 Å².